The van der Waals surface area contributed by atoms with Gasteiger partial charge in [0.05, 0.1) is 10.9 Å². The molecule has 4 heteroatoms. The first-order chi connectivity index (χ1) is 14.9. The van der Waals surface area contributed by atoms with Gasteiger partial charge in [-0.2, -0.15) is 0 Å². The maximum atomic E-state index is 13.6. The van der Waals surface area contributed by atoms with Crippen LogP contribution in [0.25, 0.3) is 22.0 Å². The van der Waals surface area contributed by atoms with Crippen molar-refractivity contribution in [3.8, 4) is 11.1 Å². The highest BCUT2D eigenvalue weighted by molar-refractivity contribution is 5.84. The van der Waals surface area contributed by atoms with Crippen LogP contribution in [0.4, 0.5) is 0 Å². The third kappa shape index (κ3) is 4.45. The average Bonchev–Trinajstić information content (AvgIpc) is 2.77. The highest BCUT2D eigenvalue weighted by Gasteiger charge is 2.23. The van der Waals surface area contributed by atoms with Gasteiger partial charge in [0, 0.05) is 25.6 Å². The van der Waals surface area contributed by atoms with Crippen molar-refractivity contribution in [2.75, 3.05) is 13.1 Å². The maximum absolute atomic E-state index is 13.6. The number of hydrogen-bond acceptors (Lipinski definition) is 3. The molecule has 0 radical (unpaired) electrons. The Kier molecular flexibility index (Phi) is 6.29. The Bertz CT molecular complexity index is 1150. The highest BCUT2D eigenvalue weighted by atomic mass is 16.1. The number of benzene rings is 2. The lowest BCUT2D eigenvalue weighted by atomic mass is 9.96. The molecule has 0 spiro atoms. The Balaban J connectivity index is 1.73. The van der Waals surface area contributed by atoms with Crippen LogP contribution in [0, 0.1) is 19.8 Å². The summed E-state index contributed by atoms with van der Waals surface area (Å²) in [6, 6.07) is 13.2. The van der Waals surface area contributed by atoms with Crippen LogP contribution in [0.15, 0.2) is 41.2 Å². The van der Waals surface area contributed by atoms with Crippen molar-refractivity contribution in [2.45, 2.75) is 66.5 Å². The van der Waals surface area contributed by atoms with Gasteiger partial charge >= 0.3 is 0 Å². The molecule has 1 aromatic heterocycles. The fraction of sp³-hybridized carbons (Fsp3) is 0.481. The second-order valence-electron chi connectivity index (χ2n) is 9.43. The Morgan fingerprint density at radius 1 is 1.06 bits per heavy atom. The predicted octanol–water partition coefficient (Wildman–Crippen LogP) is 5.36. The molecule has 1 atom stereocenters. The summed E-state index contributed by atoms with van der Waals surface area (Å²) in [6.07, 6.45) is 3.15. The van der Waals surface area contributed by atoms with Gasteiger partial charge in [0.1, 0.15) is 5.82 Å². The Morgan fingerprint density at radius 2 is 1.81 bits per heavy atom. The maximum Gasteiger partial charge on any atom is 0.261 e. The molecule has 4 nitrogen and oxygen atoms in total. The molecule has 2 aromatic carbocycles. The van der Waals surface area contributed by atoms with Crippen molar-refractivity contribution in [3.05, 3.63) is 63.7 Å². The third-order valence-corrected chi connectivity index (χ3v) is 6.91. The monoisotopic (exact) mass is 417 g/mol. The average molecular weight is 418 g/mol. The fourth-order valence-corrected chi connectivity index (χ4v) is 4.80. The van der Waals surface area contributed by atoms with Crippen molar-refractivity contribution in [1.82, 2.24) is 14.5 Å². The lowest BCUT2D eigenvalue weighted by Gasteiger charge is -2.35. The summed E-state index contributed by atoms with van der Waals surface area (Å²) in [6.45, 7) is 13.9. The van der Waals surface area contributed by atoms with E-state index in [9.17, 15) is 4.79 Å². The van der Waals surface area contributed by atoms with Gasteiger partial charge in [-0.3, -0.25) is 9.36 Å². The second kappa shape index (κ2) is 8.96. The molecule has 0 unspecified atom stereocenters. The molecule has 0 amide bonds. The zero-order valence-corrected chi connectivity index (χ0v) is 19.6. The number of aromatic nitrogens is 2. The van der Waals surface area contributed by atoms with Gasteiger partial charge in [-0.25, -0.2) is 4.98 Å². The minimum atomic E-state index is 0.106. The fourth-order valence-electron chi connectivity index (χ4n) is 4.80. The van der Waals surface area contributed by atoms with Crippen LogP contribution in [-0.4, -0.2) is 33.6 Å². The molecule has 3 aromatic rings. The third-order valence-electron chi connectivity index (χ3n) is 6.91. The summed E-state index contributed by atoms with van der Waals surface area (Å²) in [7, 11) is 0. The molecule has 31 heavy (non-hydrogen) atoms. The van der Waals surface area contributed by atoms with Crippen molar-refractivity contribution in [3.63, 3.8) is 0 Å². The Hall–Kier alpha value is -2.46. The standard InChI is InChI=1S/C27H35N3O/c1-6-26-28-25-12-11-23(22-10-9-19(4)20(5)14-22)15-24(25)27(31)30(26)17-21-8-7-13-29(16-21)18(2)3/h9-12,14-15,18,21H,6-8,13,16-17H2,1-5H3/t21-/m0/s1. The first-order valence-corrected chi connectivity index (χ1v) is 11.7. The molecule has 1 saturated heterocycles. The van der Waals surface area contributed by atoms with Gasteiger partial charge in [-0.05, 0) is 87.4 Å². The summed E-state index contributed by atoms with van der Waals surface area (Å²) < 4.78 is 1.96. The van der Waals surface area contributed by atoms with E-state index in [-0.39, 0.29) is 5.56 Å². The summed E-state index contributed by atoms with van der Waals surface area (Å²) in [5, 5.41) is 0.726. The first kappa shape index (κ1) is 21.8. The van der Waals surface area contributed by atoms with E-state index >= 15 is 0 Å². The minimum absolute atomic E-state index is 0.106. The summed E-state index contributed by atoms with van der Waals surface area (Å²) in [4.78, 5) is 21.0. The van der Waals surface area contributed by atoms with Gasteiger partial charge in [-0.15, -0.1) is 0 Å². The van der Waals surface area contributed by atoms with Crippen LogP contribution in [-0.2, 0) is 13.0 Å². The van der Waals surface area contributed by atoms with E-state index in [0.717, 1.165) is 47.4 Å². The van der Waals surface area contributed by atoms with E-state index in [1.165, 1.54) is 30.5 Å². The van der Waals surface area contributed by atoms with Gasteiger partial charge < -0.3 is 4.90 Å². The smallest absolute Gasteiger partial charge is 0.261 e. The number of aryl methyl sites for hydroxylation is 3. The van der Waals surface area contributed by atoms with Crippen LogP contribution in [0.3, 0.4) is 0 Å². The molecule has 0 aliphatic carbocycles. The largest absolute Gasteiger partial charge is 0.301 e. The number of fused-ring (bicyclic) bond motifs is 1. The number of nitrogens with zero attached hydrogens (tertiary/aromatic N) is 3. The van der Waals surface area contributed by atoms with E-state index in [1.807, 2.05) is 16.7 Å². The van der Waals surface area contributed by atoms with Crippen molar-refractivity contribution in [2.24, 2.45) is 5.92 Å². The van der Waals surface area contributed by atoms with Crippen LogP contribution >= 0.6 is 0 Å². The summed E-state index contributed by atoms with van der Waals surface area (Å²) >= 11 is 0. The molecule has 0 bridgehead atoms. The van der Waals surface area contributed by atoms with E-state index in [0.29, 0.717) is 12.0 Å². The Morgan fingerprint density at radius 3 is 2.52 bits per heavy atom. The lowest BCUT2D eigenvalue weighted by molar-refractivity contribution is 0.129. The zero-order chi connectivity index (χ0) is 22.1. The molecule has 1 aliphatic rings. The number of rotatable bonds is 5. The normalized spacial score (nSPS) is 17.5. The topological polar surface area (TPSA) is 38.1 Å². The van der Waals surface area contributed by atoms with Crippen LogP contribution in [0.2, 0.25) is 0 Å². The highest BCUT2D eigenvalue weighted by Crippen LogP contribution is 2.25. The molecule has 164 valence electrons. The van der Waals surface area contributed by atoms with Crippen molar-refractivity contribution in [1.29, 1.82) is 0 Å². The van der Waals surface area contributed by atoms with E-state index < -0.39 is 0 Å². The van der Waals surface area contributed by atoms with Gasteiger partial charge in [0.25, 0.3) is 5.56 Å². The second-order valence-corrected chi connectivity index (χ2v) is 9.43. The number of likely N-dealkylation sites (tertiary alicyclic amines) is 1. The van der Waals surface area contributed by atoms with E-state index in [2.05, 4.69) is 63.8 Å². The van der Waals surface area contributed by atoms with Gasteiger partial charge in [0.15, 0.2) is 0 Å². The molecule has 0 saturated carbocycles. The van der Waals surface area contributed by atoms with Crippen LogP contribution < -0.4 is 5.56 Å². The molecule has 0 N–H and O–H groups in total. The predicted molar refractivity (Wildman–Crippen MR) is 130 cm³/mol. The molecule has 1 fully saturated rings. The Labute approximate surface area is 185 Å². The number of piperidine rings is 1. The molecular weight excluding hydrogens is 382 g/mol. The van der Waals surface area contributed by atoms with Crippen LogP contribution in [0.5, 0.6) is 0 Å². The first-order valence-electron chi connectivity index (χ1n) is 11.7. The SMILES string of the molecule is CCc1nc2ccc(-c3ccc(C)c(C)c3)cc2c(=O)n1C[C@H]1CCCN(C(C)C)C1. The molecule has 4 rings (SSSR count). The molecule has 1 aliphatic heterocycles. The summed E-state index contributed by atoms with van der Waals surface area (Å²) in [5.74, 6) is 1.40. The van der Waals surface area contributed by atoms with Gasteiger partial charge in [0.2, 0.25) is 0 Å². The lowest BCUT2D eigenvalue weighted by Crippen LogP contribution is -2.42. The van der Waals surface area contributed by atoms with E-state index in [4.69, 9.17) is 4.98 Å². The molecule has 2 heterocycles. The van der Waals surface area contributed by atoms with Crippen molar-refractivity contribution >= 4 is 10.9 Å². The zero-order valence-electron chi connectivity index (χ0n) is 19.6. The van der Waals surface area contributed by atoms with Crippen molar-refractivity contribution < 1.29 is 0 Å². The summed E-state index contributed by atoms with van der Waals surface area (Å²) in [5.41, 5.74) is 5.68. The molecular formula is C27H35N3O. The minimum Gasteiger partial charge on any atom is -0.301 e. The van der Waals surface area contributed by atoms with E-state index in [1.54, 1.807) is 0 Å². The quantitative estimate of drug-likeness (QED) is 0.561. The number of hydrogen-bond donors (Lipinski definition) is 0. The van der Waals surface area contributed by atoms with Crippen LogP contribution in [0.1, 0.15) is 50.6 Å². The van der Waals surface area contributed by atoms with Gasteiger partial charge in [-0.1, -0.05) is 31.2 Å².